The van der Waals surface area contributed by atoms with Crippen molar-refractivity contribution in [2.45, 2.75) is 19.9 Å². The Morgan fingerprint density at radius 1 is 1.37 bits per heavy atom. The zero-order valence-corrected chi connectivity index (χ0v) is 21.5. The normalized spacial score (nSPS) is 10.8. The number of nitrogens with zero attached hydrogens (tertiary/aromatic N) is 5. The third-order valence-electron chi connectivity index (χ3n) is 5.43. The Morgan fingerprint density at radius 2 is 2.14 bits per heavy atom. The summed E-state index contributed by atoms with van der Waals surface area (Å²) >= 11 is 11.4. The molecule has 0 fully saturated rings. The number of ether oxygens (including phenoxy) is 1. The van der Waals surface area contributed by atoms with E-state index in [-0.39, 0.29) is 17.5 Å². The predicted octanol–water partition coefficient (Wildman–Crippen LogP) is 4.02. The standard InChI is InChI=1S/C24H28ClFN6O2S/c1-5-10-31(19-14-20(34-4)17(25)13-18(19)26)12-11-30(3)21(33)15-32-23-16(8-7-9-28-23)22(29-32)24(35)27-6-2/h6-9,13-14H,2,5,10-12,15H2,1,3-4H3,(H,27,35). The lowest BCUT2D eigenvalue weighted by Crippen LogP contribution is -2.38. The van der Waals surface area contributed by atoms with E-state index in [1.165, 1.54) is 24.1 Å². The van der Waals surface area contributed by atoms with Gasteiger partial charge in [-0.25, -0.2) is 14.1 Å². The van der Waals surface area contributed by atoms with Gasteiger partial charge in [0.25, 0.3) is 0 Å². The molecule has 3 aromatic rings. The van der Waals surface area contributed by atoms with Crippen LogP contribution in [0.3, 0.4) is 0 Å². The number of carbonyl (C=O) groups excluding carboxylic acids is 1. The molecule has 0 spiro atoms. The van der Waals surface area contributed by atoms with Crippen molar-refractivity contribution >= 4 is 51.4 Å². The summed E-state index contributed by atoms with van der Waals surface area (Å²) in [6.07, 6.45) is 3.91. The summed E-state index contributed by atoms with van der Waals surface area (Å²) in [5, 5.41) is 8.32. The van der Waals surface area contributed by atoms with Crippen LogP contribution >= 0.6 is 23.8 Å². The van der Waals surface area contributed by atoms with E-state index in [2.05, 4.69) is 22.0 Å². The van der Waals surface area contributed by atoms with Gasteiger partial charge in [-0.05, 0) is 30.8 Å². The van der Waals surface area contributed by atoms with E-state index in [9.17, 15) is 9.18 Å². The number of thiocarbonyl (C=S) groups is 1. The Balaban J connectivity index is 1.74. The first-order valence-electron chi connectivity index (χ1n) is 11.1. The second kappa shape index (κ2) is 11.9. The van der Waals surface area contributed by atoms with Gasteiger partial charge in [0, 0.05) is 44.3 Å². The molecule has 35 heavy (non-hydrogen) atoms. The minimum absolute atomic E-state index is 0.0162. The van der Waals surface area contributed by atoms with Crippen LogP contribution < -0.4 is 15.0 Å². The number of aromatic nitrogens is 3. The highest BCUT2D eigenvalue weighted by molar-refractivity contribution is 7.80. The molecule has 11 heteroatoms. The Hall–Kier alpha value is -3.24. The number of fused-ring (bicyclic) bond motifs is 1. The second-order valence-electron chi connectivity index (χ2n) is 7.80. The molecule has 3 rings (SSSR count). The molecular weight excluding hydrogens is 491 g/mol. The van der Waals surface area contributed by atoms with E-state index in [1.807, 2.05) is 17.9 Å². The quantitative estimate of drug-likeness (QED) is 0.384. The van der Waals surface area contributed by atoms with E-state index >= 15 is 0 Å². The first-order valence-corrected chi connectivity index (χ1v) is 11.8. The molecule has 1 aromatic carbocycles. The maximum atomic E-state index is 14.7. The number of hydrogen-bond acceptors (Lipinski definition) is 6. The molecule has 8 nitrogen and oxygen atoms in total. The third-order valence-corrected chi connectivity index (χ3v) is 6.03. The molecule has 186 valence electrons. The largest absolute Gasteiger partial charge is 0.495 e. The lowest BCUT2D eigenvalue weighted by Gasteiger charge is -2.28. The third kappa shape index (κ3) is 6.07. The highest BCUT2D eigenvalue weighted by atomic mass is 35.5. The topological polar surface area (TPSA) is 75.5 Å². The molecule has 0 atom stereocenters. The van der Waals surface area contributed by atoms with Crippen molar-refractivity contribution in [3.05, 3.63) is 59.8 Å². The zero-order chi connectivity index (χ0) is 25.5. The van der Waals surface area contributed by atoms with Crippen LogP contribution in [0.2, 0.25) is 5.02 Å². The minimum Gasteiger partial charge on any atom is -0.495 e. The number of halogens is 2. The number of anilines is 1. The maximum absolute atomic E-state index is 14.7. The molecule has 1 amide bonds. The fraction of sp³-hybridized carbons (Fsp3) is 0.333. The first kappa shape index (κ1) is 26.4. The molecule has 0 aliphatic heterocycles. The molecule has 0 aliphatic carbocycles. The summed E-state index contributed by atoms with van der Waals surface area (Å²) in [6.45, 7) is 7.02. The van der Waals surface area contributed by atoms with Gasteiger partial charge in [0.1, 0.15) is 28.8 Å². The summed E-state index contributed by atoms with van der Waals surface area (Å²) in [5.41, 5.74) is 1.46. The summed E-state index contributed by atoms with van der Waals surface area (Å²) in [4.78, 5) is 21.3. The number of amides is 1. The fourth-order valence-corrected chi connectivity index (χ4v) is 4.09. The van der Waals surface area contributed by atoms with Crippen molar-refractivity contribution in [2.24, 2.45) is 0 Å². The van der Waals surface area contributed by atoms with Gasteiger partial charge >= 0.3 is 0 Å². The van der Waals surface area contributed by atoms with E-state index in [4.69, 9.17) is 28.6 Å². The van der Waals surface area contributed by atoms with Crippen molar-refractivity contribution in [3.63, 3.8) is 0 Å². The van der Waals surface area contributed by atoms with Crippen LogP contribution in [0.4, 0.5) is 10.1 Å². The molecular formula is C24H28ClFN6O2S. The van der Waals surface area contributed by atoms with Crippen LogP contribution in [0.5, 0.6) is 5.75 Å². The predicted molar refractivity (Wildman–Crippen MR) is 141 cm³/mol. The summed E-state index contributed by atoms with van der Waals surface area (Å²) in [5.74, 6) is -0.213. The summed E-state index contributed by atoms with van der Waals surface area (Å²) < 4.78 is 21.5. The van der Waals surface area contributed by atoms with Gasteiger partial charge in [-0.3, -0.25) is 4.79 Å². The molecule has 2 heterocycles. The molecule has 0 unspecified atom stereocenters. The Morgan fingerprint density at radius 3 is 2.83 bits per heavy atom. The van der Waals surface area contributed by atoms with Gasteiger partial charge in [0.05, 0.1) is 17.8 Å². The van der Waals surface area contributed by atoms with Crippen molar-refractivity contribution in [1.29, 1.82) is 0 Å². The number of rotatable bonds is 11. The SMILES string of the molecule is C=CNC(=S)c1nn(CC(=O)N(C)CCN(CCC)c2cc(OC)c(Cl)cc2F)c2ncccc12. The minimum atomic E-state index is -0.441. The second-order valence-corrected chi connectivity index (χ2v) is 8.61. The molecule has 2 aromatic heterocycles. The number of carbonyl (C=O) groups is 1. The Kier molecular flexibility index (Phi) is 9.00. The van der Waals surface area contributed by atoms with Crippen molar-refractivity contribution in [1.82, 2.24) is 25.0 Å². The van der Waals surface area contributed by atoms with Gasteiger partial charge in [-0.1, -0.05) is 37.3 Å². The van der Waals surface area contributed by atoms with Crippen LogP contribution in [-0.2, 0) is 11.3 Å². The summed E-state index contributed by atoms with van der Waals surface area (Å²) in [6, 6.07) is 6.46. The first-order chi connectivity index (χ1) is 16.8. The average Bonchev–Trinajstić information content (AvgIpc) is 3.20. The number of methoxy groups -OCH3 is 1. The van der Waals surface area contributed by atoms with Crippen molar-refractivity contribution < 1.29 is 13.9 Å². The number of hydrogen-bond donors (Lipinski definition) is 1. The lowest BCUT2D eigenvalue weighted by molar-refractivity contribution is -0.130. The fourth-order valence-electron chi connectivity index (χ4n) is 3.63. The average molecular weight is 519 g/mol. The summed E-state index contributed by atoms with van der Waals surface area (Å²) in [7, 11) is 3.19. The molecule has 0 saturated carbocycles. The van der Waals surface area contributed by atoms with Crippen LogP contribution in [0, 0.1) is 5.82 Å². The molecule has 1 N–H and O–H groups in total. The van der Waals surface area contributed by atoms with Gasteiger partial charge in [-0.2, -0.15) is 5.10 Å². The van der Waals surface area contributed by atoms with Gasteiger partial charge in [-0.15, -0.1) is 0 Å². The smallest absolute Gasteiger partial charge is 0.244 e. The maximum Gasteiger partial charge on any atom is 0.244 e. The van der Waals surface area contributed by atoms with Crippen LogP contribution in [-0.4, -0.2) is 64.4 Å². The van der Waals surface area contributed by atoms with Crippen LogP contribution in [0.1, 0.15) is 19.0 Å². The lowest BCUT2D eigenvalue weighted by atomic mass is 10.2. The monoisotopic (exact) mass is 518 g/mol. The van der Waals surface area contributed by atoms with Gasteiger partial charge in [0.15, 0.2) is 5.65 Å². The Labute approximate surface area is 214 Å². The number of nitrogens with one attached hydrogen (secondary N) is 1. The van der Waals surface area contributed by atoms with Crippen molar-refractivity contribution in [2.75, 3.05) is 38.7 Å². The van der Waals surface area contributed by atoms with E-state index < -0.39 is 5.82 Å². The van der Waals surface area contributed by atoms with Crippen LogP contribution in [0.25, 0.3) is 11.0 Å². The Bertz CT molecular complexity index is 1230. The zero-order valence-electron chi connectivity index (χ0n) is 19.9. The molecule has 0 saturated heterocycles. The number of likely N-dealkylation sites (N-methyl/N-ethyl adjacent to an activating group) is 1. The van der Waals surface area contributed by atoms with E-state index in [0.29, 0.717) is 47.4 Å². The van der Waals surface area contributed by atoms with E-state index in [1.54, 1.807) is 30.3 Å². The van der Waals surface area contributed by atoms with Crippen LogP contribution in [0.15, 0.2) is 43.2 Å². The van der Waals surface area contributed by atoms with Gasteiger partial charge in [0.2, 0.25) is 5.91 Å². The van der Waals surface area contributed by atoms with Crippen molar-refractivity contribution in [3.8, 4) is 5.75 Å². The molecule has 0 radical (unpaired) electrons. The highest BCUT2D eigenvalue weighted by Gasteiger charge is 2.20. The number of pyridine rings is 1. The highest BCUT2D eigenvalue weighted by Crippen LogP contribution is 2.32. The molecule has 0 aliphatic rings. The van der Waals surface area contributed by atoms with E-state index in [0.717, 1.165) is 11.8 Å². The van der Waals surface area contributed by atoms with Gasteiger partial charge < -0.3 is 19.9 Å². The number of benzene rings is 1. The molecule has 0 bridgehead atoms.